The van der Waals surface area contributed by atoms with Crippen LogP contribution in [0.1, 0.15) is 17.2 Å². The van der Waals surface area contributed by atoms with Gasteiger partial charge in [0.1, 0.15) is 0 Å². The van der Waals surface area contributed by atoms with Crippen LogP contribution in [0, 0.1) is 0 Å². The summed E-state index contributed by atoms with van der Waals surface area (Å²) in [4.78, 5) is 0. The van der Waals surface area contributed by atoms with Gasteiger partial charge in [-0.1, -0.05) is 29.3 Å². The van der Waals surface area contributed by atoms with Gasteiger partial charge in [-0.3, -0.25) is 0 Å². The summed E-state index contributed by atoms with van der Waals surface area (Å²) in [5.41, 5.74) is 1.23. The van der Waals surface area contributed by atoms with E-state index >= 15 is 0 Å². The van der Waals surface area contributed by atoms with Gasteiger partial charge in [0.2, 0.25) is 0 Å². The van der Waals surface area contributed by atoms with E-state index in [0.29, 0.717) is 10.3 Å². The van der Waals surface area contributed by atoms with Crippen LogP contribution in [-0.2, 0) is 0 Å². The van der Waals surface area contributed by atoms with Crippen molar-refractivity contribution in [2.75, 3.05) is 5.75 Å². The Morgan fingerprint density at radius 3 is 2.58 bits per heavy atom. The molecule has 0 aliphatic carbocycles. The normalized spacial score (nSPS) is 22.0. The summed E-state index contributed by atoms with van der Waals surface area (Å²) in [5.74, 6) is 1.25. The fourth-order valence-corrected chi connectivity index (χ4v) is 2.70. The topological polar surface area (TPSA) is 0 Å². The van der Waals surface area contributed by atoms with Gasteiger partial charge < -0.3 is 0 Å². The molecule has 1 heterocycles. The SMILES string of the molecule is Clc1ccc(C2CCS2)c(Cl)c1. The van der Waals surface area contributed by atoms with Crippen molar-refractivity contribution < 1.29 is 0 Å². The highest BCUT2D eigenvalue weighted by Gasteiger charge is 2.22. The van der Waals surface area contributed by atoms with E-state index in [1.807, 2.05) is 30.0 Å². The Balaban J connectivity index is 2.31. The van der Waals surface area contributed by atoms with Crippen molar-refractivity contribution in [3.8, 4) is 0 Å². The van der Waals surface area contributed by atoms with Gasteiger partial charge in [0, 0.05) is 15.3 Å². The number of halogens is 2. The Hall–Kier alpha value is 0.150. The van der Waals surface area contributed by atoms with E-state index in [1.54, 1.807) is 0 Å². The lowest BCUT2D eigenvalue weighted by molar-refractivity contribution is 0.850. The Morgan fingerprint density at radius 1 is 1.33 bits per heavy atom. The van der Waals surface area contributed by atoms with Gasteiger partial charge >= 0.3 is 0 Å². The van der Waals surface area contributed by atoms with Crippen molar-refractivity contribution in [3.63, 3.8) is 0 Å². The molecule has 0 saturated carbocycles. The highest BCUT2D eigenvalue weighted by atomic mass is 35.5. The third kappa shape index (κ3) is 1.59. The number of hydrogen-bond acceptors (Lipinski definition) is 1. The molecule has 0 N–H and O–H groups in total. The van der Waals surface area contributed by atoms with Crippen molar-refractivity contribution in [2.45, 2.75) is 11.7 Å². The molecule has 1 atom stereocenters. The monoisotopic (exact) mass is 218 g/mol. The first-order valence-electron chi connectivity index (χ1n) is 3.84. The maximum Gasteiger partial charge on any atom is 0.0464 e. The van der Waals surface area contributed by atoms with Gasteiger partial charge in [0.05, 0.1) is 0 Å². The first-order chi connectivity index (χ1) is 5.77. The average molecular weight is 219 g/mol. The van der Waals surface area contributed by atoms with Gasteiger partial charge in [0.25, 0.3) is 0 Å². The Bertz CT molecular complexity index is 295. The molecule has 1 aliphatic rings. The highest BCUT2D eigenvalue weighted by Crippen LogP contribution is 2.45. The van der Waals surface area contributed by atoms with E-state index in [4.69, 9.17) is 23.2 Å². The predicted octanol–water partition coefficient (Wildman–Crippen LogP) is 4.17. The van der Waals surface area contributed by atoms with E-state index < -0.39 is 0 Å². The molecule has 64 valence electrons. The molecule has 1 unspecified atom stereocenters. The smallest absolute Gasteiger partial charge is 0.0464 e. The number of rotatable bonds is 1. The second-order valence-corrected chi connectivity index (χ2v) is 4.97. The lowest BCUT2D eigenvalue weighted by atomic mass is 10.1. The number of thioether (sulfide) groups is 1. The molecular formula is C9H8Cl2S. The Morgan fingerprint density at radius 2 is 2.08 bits per heavy atom. The van der Waals surface area contributed by atoms with E-state index in [-0.39, 0.29) is 0 Å². The van der Waals surface area contributed by atoms with E-state index in [0.717, 1.165) is 5.02 Å². The molecular weight excluding hydrogens is 211 g/mol. The second kappa shape index (κ2) is 3.49. The molecule has 1 aromatic rings. The summed E-state index contributed by atoms with van der Waals surface area (Å²) in [7, 11) is 0. The minimum atomic E-state index is 0.606. The third-order valence-electron chi connectivity index (χ3n) is 2.01. The molecule has 0 radical (unpaired) electrons. The minimum Gasteiger partial charge on any atom is -0.154 e. The zero-order chi connectivity index (χ0) is 8.55. The molecule has 1 fully saturated rings. The first-order valence-corrected chi connectivity index (χ1v) is 5.64. The van der Waals surface area contributed by atoms with Crippen LogP contribution in [0.5, 0.6) is 0 Å². The van der Waals surface area contributed by atoms with Gasteiger partial charge in [-0.2, -0.15) is 11.8 Å². The summed E-state index contributed by atoms with van der Waals surface area (Å²) in [6.45, 7) is 0. The van der Waals surface area contributed by atoms with Crippen LogP contribution in [0.15, 0.2) is 18.2 Å². The number of benzene rings is 1. The molecule has 1 aliphatic heterocycles. The van der Waals surface area contributed by atoms with E-state index in [2.05, 4.69) is 0 Å². The molecule has 0 aromatic heterocycles. The van der Waals surface area contributed by atoms with Crippen LogP contribution >= 0.6 is 35.0 Å². The molecule has 0 amide bonds. The highest BCUT2D eigenvalue weighted by molar-refractivity contribution is 8.00. The first kappa shape index (κ1) is 8.74. The summed E-state index contributed by atoms with van der Waals surface area (Å²) in [6.07, 6.45) is 1.24. The quantitative estimate of drug-likeness (QED) is 0.682. The fourth-order valence-electron chi connectivity index (χ4n) is 1.24. The lowest BCUT2D eigenvalue weighted by Crippen LogP contribution is -2.07. The summed E-state index contributed by atoms with van der Waals surface area (Å²) in [5, 5.41) is 2.13. The molecule has 0 bridgehead atoms. The summed E-state index contributed by atoms with van der Waals surface area (Å²) >= 11 is 13.8. The zero-order valence-corrected chi connectivity index (χ0v) is 8.72. The van der Waals surface area contributed by atoms with Crippen LogP contribution < -0.4 is 0 Å². The maximum absolute atomic E-state index is 6.04. The largest absolute Gasteiger partial charge is 0.154 e. The number of hydrogen-bond donors (Lipinski definition) is 0. The van der Waals surface area contributed by atoms with E-state index in [1.165, 1.54) is 17.7 Å². The van der Waals surface area contributed by atoms with Crippen molar-refractivity contribution in [3.05, 3.63) is 33.8 Å². The molecule has 0 spiro atoms. The van der Waals surface area contributed by atoms with Crippen molar-refractivity contribution >= 4 is 35.0 Å². The van der Waals surface area contributed by atoms with Crippen molar-refractivity contribution in [1.82, 2.24) is 0 Å². The lowest BCUT2D eigenvalue weighted by Gasteiger charge is -2.26. The Labute approximate surface area is 86.3 Å². The second-order valence-electron chi connectivity index (χ2n) is 2.81. The molecule has 1 aromatic carbocycles. The zero-order valence-electron chi connectivity index (χ0n) is 6.39. The predicted molar refractivity (Wildman–Crippen MR) is 56.3 cm³/mol. The standard InChI is InChI=1S/C9H8Cl2S/c10-6-1-2-7(8(11)5-6)9-3-4-12-9/h1-2,5,9H,3-4H2. The average Bonchev–Trinajstić information content (AvgIpc) is 1.91. The van der Waals surface area contributed by atoms with Crippen LogP contribution in [0.2, 0.25) is 10.0 Å². The summed E-state index contributed by atoms with van der Waals surface area (Å²) < 4.78 is 0. The Kier molecular flexibility index (Phi) is 2.54. The third-order valence-corrected chi connectivity index (χ3v) is 3.93. The molecule has 0 nitrogen and oxygen atoms in total. The van der Waals surface area contributed by atoms with Crippen LogP contribution in [0.25, 0.3) is 0 Å². The van der Waals surface area contributed by atoms with Gasteiger partial charge in [-0.05, 0) is 29.9 Å². The maximum atomic E-state index is 6.04. The van der Waals surface area contributed by atoms with Gasteiger partial charge in [-0.15, -0.1) is 0 Å². The van der Waals surface area contributed by atoms with Crippen molar-refractivity contribution in [2.24, 2.45) is 0 Å². The molecule has 1 saturated heterocycles. The van der Waals surface area contributed by atoms with Gasteiger partial charge in [0.15, 0.2) is 0 Å². The van der Waals surface area contributed by atoms with E-state index in [9.17, 15) is 0 Å². The summed E-state index contributed by atoms with van der Waals surface area (Å²) in [6, 6.07) is 5.75. The van der Waals surface area contributed by atoms with Crippen LogP contribution in [0.4, 0.5) is 0 Å². The van der Waals surface area contributed by atoms with Crippen LogP contribution in [-0.4, -0.2) is 5.75 Å². The minimum absolute atomic E-state index is 0.606. The molecule has 2 rings (SSSR count). The molecule has 12 heavy (non-hydrogen) atoms. The van der Waals surface area contributed by atoms with Crippen molar-refractivity contribution in [1.29, 1.82) is 0 Å². The molecule has 3 heteroatoms. The van der Waals surface area contributed by atoms with Crippen LogP contribution in [0.3, 0.4) is 0 Å². The van der Waals surface area contributed by atoms with Gasteiger partial charge in [-0.25, -0.2) is 0 Å². The fraction of sp³-hybridized carbons (Fsp3) is 0.333.